The van der Waals surface area contributed by atoms with Crippen molar-refractivity contribution in [2.75, 3.05) is 6.61 Å². The van der Waals surface area contributed by atoms with Gasteiger partial charge in [-0.3, -0.25) is 4.79 Å². The largest absolute Gasteiger partial charge is 0.492 e. The number of benzene rings is 1. The fourth-order valence-corrected chi connectivity index (χ4v) is 1.39. The molecule has 0 bridgehead atoms. The van der Waals surface area contributed by atoms with Gasteiger partial charge in [0.2, 0.25) is 0 Å². The number of hydrogen-bond donors (Lipinski definition) is 1. The summed E-state index contributed by atoms with van der Waals surface area (Å²) in [5.41, 5.74) is 0.337. The molecule has 0 saturated heterocycles. The normalized spacial score (nSPS) is 10.4. The van der Waals surface area contributed by atoms with Gasteiger partial charge in [0.15, 0.2) is 5.78 Å². The zero-order chi connectivity index (χ0) is 13.0. The second-order valence-corrected chi connectivity index (χ2v) is 4.25. The molecular formula is C13H16O4. The van der Waals surface area contributed by atoms with E-state index in [4.69, 9.17) is 9.84 Å². The average molecular weight is 236 g/mol. The molecular weight excluding hydrogens is 220 g/mol. The van der Waals surface area contributed by atoms with E-state index < -0.39 is 5.97 Å². The van der Waals surface area contributed by atoms with E-state index in [1.165, 1.54) is 13.0 Å². The van der Waals surface area contributed by atoms with Gasteiger partial charge >= 0.3 is 5.97 Å². The molecule has 1 aromatic rings. The predicted molar refractivity (Wildman–Crippen MR) is 63.7 cm³/mol. The van der Waals surface area contributed by atoms with Crippen molar-refractivity contribution >= 4 is 11.8 Å². The lowest BCUT2D eigenvalue weighted by Crippen LogP contribution is -2.11. The lowest BCUT2D eigenvalue weighted by molar-refractivity contribution is 0.0691. The zero-order valence-electron chi connectivity index (χ0n) is 10.2. The molecule has 0 spiro atoms. The van der Waals surface area contributed by atoms with Crippen molar-refractivity contribution in [3.8, 4) is 5.75 Å². The Hall–Kier alpha value is -1.84. The molecule has 4 heteroatoms. The van der Waals surface area contributed by atoms with Gasteiger partial charge < -0.3 is 9.84 Å². The fourth-order valence-electron chi connectivity index (χ4n) is 1.39. The Bertz CT molecular complexity index is 403. The van der Waals surface area contributed by atoms with Crippen molar-refractivity contribution in [2.24, 2.45) is 5.92 Å². The van der Waals surface area contributed by atoms with Gasteiger partial charge in [0.05, 0.1) is 12.2 Å². The maximum absolute atomic E-state index is 11.4. The van der Waals surface area contributed by atoms with Gasteiger partial charge in [-0.15, -0.1) is 0 Å². The van der Waals surface area contributed by atoms with Crippen molar-refractivity contribution in [3.63, 3.8) is 0 Å². The molecule has 1 N–H and O–H groups in total. The molecule has 1 rings (SSSR count). The van der Waals surface area contributed by atoms with Crippen LogP contribution in [0.5, 0.6) is 5.75 Å². The first-order chi connectivity index (χ1) is 7.93. The van der Waals surface area contributed by atoms with Crippen molar-refractivity contribution in [1.82, 2.24) is 0 Å². The van der Waals surface area contributed by atoms with Crippen LogP contribution in [0.3, 0.4) is 0 Å². The summed E-state index contributed by atoms with van der Waals surface area (Å²) in [6, 6.07) is 4.55. The van der Waals surface area contributed by atoms with Gasteiger partial charge in [0.25, 0.3) is 0 Å². The molecule has 4 nitrogen and oxygen atoms in total. The first kappa shape index (κ1) is 13.2. The van der Waals surface area contributed by atoms with E-state index in [-0.39, 0.29) is 23.0 Å². The highest BCUT2D eigenvalue weighted by Crippen LogP contribution is 2.25. The van der Waals surface area contributed by atoms with E-state index in [0.29, 0.717) is 12.2 Å². The van der Waals surface area contributed by atoms with Gasteiger partial charge in [0, 0.05) is 0 Å². The minimum Gasteiger partial charge on any atom is -0.492 e. The first-order valence-electron chi connectivity index (χ1n) is 5.43. The van der Waals surface area contributed by atoms with E-state index in [1.54, 1.807) is 12.1 Å². The van der Waals surface area contributed by atoms with Crippen molar-refractivity contribution < 1.29 is 19.4 Å². The number of aromatic carboxylic acids is 1. The third kappa shape index (κ3) is 3.31. The summed E-state index contributed by atoms with van der Waals surface area (Å²) in [5.74, 6) is -0.864. The molecule has 0 unspecified atom stereocenters. The number of ether oxygens (including phenoxy) is 1. The summed E-state index contributed by atoms with van der Waals surface area (Å²) >= 11 is 0. The highest BCUT2D eigenvalue weighted by molar-refractivity contribution is 6.01. The van der Waals surface area contributed by atoms with Crippen LogP contribution in [0.4, 0.5) is 0 Å². The van der Waals surface area contributed by atoms with Gasteiger partial charge in [-0.05, 0) is 25.0 Å². The van der Waals surface area contributed by atoms with Crippen molar-refractivity contribution in [1.29, 1.82) is 0 Å². The van der Waals surface area contributed by atoms with Gasteiger partial charge in [-0.2, -0.15) is 0 Å². The molecule has 0 aliphatic heterocycles. The highest BCUT2D eigenvalue weighted by atomic mass is 16.5. The fraction of sp³-hybridized carbons (Fsp3) is 0.385. The Labute approximate surface area is 100 Å². The second-order valence-electron chi connectivity index (χ2n) is 4.25. The standard InChI is InChI=1S/C13H16O4/c1-8(2)7-17-12-10(9(3)14)5-4-6-11(12)13(15)16/h4-6,8H,7H2,1-3H3,(H,15,16). The van der Waals surface area contributed by atoms with Gasteiger partial charge in [-0.1, -0.05) is 19.9 Å². The molecule has 1 aromatic carbocycles. The van der Waals surface area contributed by atoms with E-state index >= 15 is 0 Å². The molecule has 0 saturated carbocycles. The molecule has 0 amide bonds. The summed E-state index contributed by atoms with van der Waals surface area (Å²) < 4.78 is 5.45. The number of carboxylic acid groups (broad SMARTS) is 1. The van der Waals surface area contributed by atoms with Crippen LogP contribution in [0.1, 0.15) is 41.5 Å². The third-order valence-corrected chi connectivity index (χ3v) is 2.19. The zero-order valence-corrected chi connectivity index (χ0v) is 10.2. The number of para-hydroxylation sites is 1. The quantitative estimate of drug-likeness (QED) is 0.798. The number of carbonyl (C=O) groups is 2. The number of hydrogen-bond acceptors (Lipinski definition) is 3. The maximum atomic E-state index is 11.4. The van der Waals surface area contributed by atoms with Crippen LogP contribution in [-0.4, -0.2) is 23.5 Å². The lowest BCUT2D eigenvalue weighted by atomic mass is 10.1. The maximum Gasteiger partial charge on any atom is 0.339 e. The summed E-state index contributed by atoms with van der Waals surface area (Å²) in [6.07, 6.45) is 0. The third-order valence-electron chi connectivity index (χ3n) is 2.19. The van der Waals surface area contributed by atoms with Crippen LogP contribution >= 0.6 is 0 Å². The van der Waals surface area contributed by atoms with Crippen LogP contribution in [-0.2, 0) is 0 Å². The molecule has 0 radical (unpaired) electrons. The summed E-state index contributed by atoms with van der Waals surface area (Å²) in [5, 5.41) is 9.05. The number of Topliss-reactive ketones (excluding diaryl/α,β-unsaturated/α-hetero) is 1. The number of carboxylic acids is 1. The summed E-state index contributed by atoms with van der Waals surface area (Å²) in [6.45, 7) is 5.68. The van der Waals surface area contributed by atoms with Crippen LogP contribution in [0.25, 0.3) is 0 Å². The first-order valence-corrected chi connectivity index (χ1v) is 5.43. The van der Waals surface area contributed by atoms with Crippen LogP contribution in [0, 0.1) is 5.92 Å². The Morgan fingerprint density at radius 3 is 2.35 bits per heavy atom. The van der Waals surface area contributed by atoms with Gasteiger partial charge in [0.1, 0.15) is 11.3 Å². The minimum atomic E-state index is -1.09. The molecule has 92 valence electrons. The SMILES string of the molecule is CC(=O)c1cccc(C(=O)O)c1OCC(C)C. The van der Waals surface area contributed by atoms with Gasteiger partial charge in [-0.25, -0.2) is 4.79 Å². The number of ketones is 1. The van der Waals surface area contributed by atoms with Crippen molar-refractivity contribution in [3.05, 3.63) is 29.3 Å². The molecule has 0 aromatic heterocycles. The lowest BCUT2D eigenvalue weighted by Gasteiger charge is -2.14. The summed E-state index contributed by atoms with van der Waals surface area (Å²) in [4.78, 5) is 22.5. The van der Waals surface area contributed by atoms with Crippen LogP contribution < -0.4 is 4.74 Å². The molecule has 0 fully saturated rings. The van der Waals surface area contributed by atoms with Crippen LogP contribution in [0.2, 0.25) is 0 Å². The Morgan fingerprint density at radius 2 is 1.88 bits per heavy atom. The molecule has 17 heavy (non-hydrogen) atoms. The molecule has 0 heterocycles. The Balaban J connectivity index is 3.19. The smallest absolute Gasteiger partial charge is 0.339 e. The Kier molecular flexibility index (Phi) is 4.26. The molecule has 0 aliphatic rings. The number of rotatable bonds is 5. The average Bonchev–Trinajstić information content (AvgIpc) is 2.25. The molecule has 0 atom stereocenters. The van der Waals surface area contributed by atoms with Crippen molar-refractivity contribution in [2.45, 2.75) is 20.8 Å². The second kappa shape index (κ2) is 5.48. The van der Waals surface area contributed by atoms with Crippen LogP contribution in [0.15, 0.2) is 18.2 Å². The molecule has 0 aliphatic carbocycles. The monoisotopic (exact) mass is 236 g/mol. The van der Waals surface area contributed by atoms with E-state index in [0.717, 1.165) is 0 Å². The van der Waals surface area contributed by atoms with E-state index in [9.17, 15) is 9.59 Å². The minimum absolute atomic E-state index is 0.0263. The topological polar surface area (TPSA) is 63.6 Å². The predicted octanol–water partition coefficient (Wildman–Crippen LogP) is 2.62. The van der Waals surface area contributed by atoms with E-state index in [1.807, 2.05) is 13.8 Å². The van der Waals surface area contributed by atoms with E-state index in [2.05, 4.69) is 0 Å². The highest BCUT2D eigenvalue weighted by Gasteiger charge is 2.18. The summed E-state index contributed by atoms with van der Waals surface area (Å²) in [7, 11) is 0. The Morgan fingerprint density at radius 1 is 1.29 bits per heavy atom. The number of carbonyl (C=O) groups excluding carboxylic acids is 1.